The zero-order valence-electron chi connectivity index (χ0n) is 22.2. The number of carboxylic acids is 1. The average Bonchev–Trinajstić information content (AvgIpc) is 3.27. The Morgan fingerprint density at radius 3 is 2.63 bits per heavy atom. The predicted octanol–water partition coefficient (Wildman–Crippen LogP) is 5.24. The van der Waals surface area contributed by atoms with Gasteiger partial charge >= 0.3 is 12.0 Å². The highest BCUT2D eigenvalue weighted by Gasteiger charge is 2.26. The van der Waals surface area contributed by atoms with E-state index in [9.17, 15) is 9.90 Å². The van der Waals surface area contributed by atoms with E-state index < -0.39 is 5.97 Å². The molecule has 4 heterocycles. The number of aromatic nitrogens is 4. The Bertz CT molecular complexity index is 1550. The Balaban J connectivity index is 1.06. The van der Waals surface area contributed by atoms with E-state index in [1.165, 1.54) is 0 Å². The number of likely N-dealkylation sites (tertiary alicyclic amines) is 1. The minimum absolute atomic E-state index is 0.0139. The number of piperidine rings is 1. The lowest BCUT2D eigenvalue weighted by Crippen LogP contribution is -2.39. The van der Waals surface area contributed by atoms with E-state index in [4.69, 9.17) is 42.4 Å². The maximum Gasteiger partial charge on any atom is 0.335 e. The monoisotopic (exact) mass is 597 g/mol. The quantitative estimate of drug-likeness (QED) is 0.262. The molecule has 12 heteroatoms. The summed E-state index contributed by atoms with van der Waals surface area (Å²) in [5, 5.41) is 10.6. The SMILES string of the molecule is O=C(O)c1ccc2nc(CN3CCC(Oc4ccnc(OCc5ccc(Cl)cc5Cl)n4)CC3)n(C[C@@H]3CCO3)c2c1. The van der Waals surface area contributed by atoms with E-state index in [0.717, 1.165) is 61.4 Å². The van der Waals surface area contributed by atoms with Gasteiger partial charge in [-0.1, -0.05) is 29.3 Å². The maximum absolute atomic E-state index is 11.6. The van der Waals surface area contributed by atoms with Crippen molar-refractivity contribution in [2.45, 2.75) is 51.2 Å². The van der Waals surface area contributed by atoms with E-state index in [1.54, 1.807) is 42.6 Å². The third kappa shape index (κ3) is 6.56. The standard InChI is InChI=1S/C29H29Cl2N5O5/c30-20-3-1-19(23(31)14-20)17-40-29-32-9-5-27(34-29)41-21-6-10-35(11-7-21)16-26-33-24-4-2-18(28(37)38)13-25(24)36(26)15-22-8-12-39-22/h1-5,9,13-14,21-22H,6-8,10-12,15-17H2,(H,37,38)/t22-/m0/s1. The summed E-state index contributed by atoms with van der Waals surface area (Å²) in [6.07, 6.45) is 4.41. The highest BCUT2D eigenvalue weighted by Crippen LogP contribution is 2.26. The summed E-state index contributed by atoms with van der Waals surface area (Å²) < 4.78 is 19.7. The summed E-state index contributed by atoms with van der Waals surface area (Å²) in [6, 6.07) is 12.3. The lowest BCUT2D eigenvalue weighted by atomic mass is 10.1. The summed E-state index contributed by atoms with van der Waals surface area (Å²) >= 11 is 12.2. The first kappa shape index (κ1) is 27.7. The Morgan fingerprint density at radius 2 is 1.90 bits per heavy atom. The number of ether oxygens (including phenoxy) is 3. The topological polar surface area (TPSA) is 112 Å². The molecule has 1 atom stereocenters. The second kappa shape index (κ2) is 12.2. The lowest BCUT2D eigenvalue weighted by molar-refractivity contribution is -0.0592. The van der Waals surface area contributed by atoms with Crippen LogP contribution in [0.2, 0.25) is 10.0 Å². The van der Waals surface area contributed by atoms with Gasteiger partial charge in [0.05, 0.1) is 35.8 Å². The molecule has 214 valence electrons. The molecule has 2 aliphatic heterocycles. The minimum Gasteiger partial charge on any atom is -0.478 e. The molecule has 1 N–H and O–H groups in total. The highest BCUT2D eigenvalue weighted by molar-refractivity contribution is 6.35. The van der Waals surface area contributed by atoms with Gasteiger partial charge < -0.3 is 23.9 Å². The molecule has 10 nitrogen and oxygen atoms in total. The van der Waals surface area contributed by atoms with Gasteiger partial charge in [-0.25, -0.2) is 14.8 Å². The molecule has 0 bridgehead atoms. The molecule has 2 saturated heterocycles. The molecule has 0 amide bonds. The average molecular weight is 598 g/mol. The van der Waals surface area contributed by atoms with E-state index in [-0.39, 0.29) is 30.4 Å². The molecule has 0 saturated carbocycles. The highest BCUT2D eigenvalue weighted by atomic mass is 35.5. The summed E-state index contributed by atoms with van der Waals surface area (Å²) in [4.78, 5) is 27.4. The van der Waals surface area contributed by atoms with Gasteiger partial charge in [0, 0.05) is 47.6 Å². The molecule has 0 radical (unpaired) electrons. The Hall–Kier alpha value is -3.44. The molecule has 2 aromatic heterocycles. The van der Waals surface area contributed by atoms with Crippen LogP contribution in [0, 0.1) is 0 Å². The van der Waals surface area contributed by atoms with Crippen LogP contribution < -0.4 is 9.47 Å². The molecule has 0 unspecified atom stereocenters. The fourth-order valence-corrected chi connectivity index (χ4v) is 5.52. The fourth-order valence-electron chi connectivity index (χ4n) is 5.06. The first-order chi connectivity index (χ1) is 19.9. The van der Waals surface area contributed by atoms with Crippen molar-refractivity contribution in [3.8, 4) is 11.9 Å². The Morgan fingerprint density at radius 1 is 1.07 bits per heavy atom. The number of aromatic carboxylic acids is 1. The van der Waals surface area contributed by atoms with Gasteiger partial charge in [0.1, 0.15) is 18.5 Å². The van der Waals surface area contributed by atoms with Gasteiger partial charge in [0.2, 0.25) is 5.88 Å². The van der Waals surface area contributed by atoms with Crippen molar-refractivity contribution in [3.05, 3.63) is 75.7 Å². The summed E-state index contributed by atoms with van der Waals surface area (Å²) in [6.45, 7) is 3.96. The molecule has 2 fully saturated rings. The fraction of sp³-hybridized carbons (Fsp3) is 0.379. The van der Waals surface area contributed by atoms with Crippen molar-refractivity contribution >= 4 is 40.2 Å². The first-order valence-corrected chi connectivity index (χ1v) is 14.3. The lowest BCUT2D eigenvalue weighted by Gasteiger charge is -2.32. The van der Waals surface area contributed by atoms with Gasteiger partial charge in [-0.2, -0.15) is 4.98 Å². The summed E-state index contributed by atoms with van der Waals surface area (Å²) in [5.74, 6) is 0.430. The van der Waals surface area contributed by atoms with Crippen LogP contribution in [0.25, 0.3) is 11.0 Å². The van der Waals surface area contributed by atoms with E-state index in [1.807, 2.05) is 6.07 Å². The van der Waals surface area contributed by atoms with Crippen molar-refractivity contribution in [3.63, 3.8) is 0 Å². The van der Waals surface area contributed by atoms with Crippen LogP contribution in [0.4, 0.5) is 0 Å². The molecule has 0 aliphatic carbocycles. The minimum atomic E-state index is -0.948. The number of fused-ring (bicyclic) bond motifs is 1. The van der Waals surface area contributed by atoms with E-state index >= 15 is 0 Å². The number of hydrogen-bond donors (Lipinski definition) is 1. The first-order valence-electron chi connectivity index (χ1n) is 13.5. The molecule has 2 aliphatic rings. The zero-order valence-corrected chi connectivity index (χ0v) is 23.7. The number of imidazole rings is 1. The number of hydrogen-bond acceptors (Lipinski definition) is 8. The van der Waals surface area contributed by atoms with Crippen LogP contribution in [0.15, 0.2) is 48.7 Å². The zero-order chi connectivity index (χ0) is 28.3. The molecule has 0 spiro atoms. The number of nitrogens with zero attached hydrogens (tertiary/aromatic N) is 5. The number of carbonyl (C=O) groups is 1. The number of carboxylic acid groups (broad SMARTS) is 1. The van der Waals surface area contributed by atoms with Crippen LogP contribution >= 0.6 is 23.2 Å². The van der Waals surface area contributed by atoms with Crippen LogP contribution in [-0.4, -0.2) is 67.4 Å². The largest absolute Gasteiger partial charge is 0.478 e. The molecule has 2 aromatic carbocycles. The number of rotatable bonds is 10. The molecule has 41 heavy (non-hydrogen) atoms. The number of halogens is 2. The van der Waals surface area contributed by atoms with Crippen LogP contribution in [0.1, 0.15) is 41.0 Å². The van der Waals surface area contributed by atoms with Crippen LogP contribution in [0.3, 0.4) is 0 Å². The van der Waals surface area contributed by atoms with Gasteiger partial charge in [-0.3, -0.25) is 4.90 Å². The summed E-state index contributed by atoms with van der Waals surface area (Å²) in [7, 11) is 0. The van der Waals surface area contributed by atoms with Crippen LogP contribution in [-0.2, 0) is 24.4 Å². The second-order valence-electron chi connectivity index (χ2n) is 10.2. The van der Waals surface area contributed by atoms with Crippen molar-refractivity contribution in [1.82, 2.24) is 24.4 Å². The van der Waals surface area contributed by atoms with Gasteiger partial charge in [-0.05, 0) is 49.6 Å². The smallest absolute Gasteiger partial charge is 0.335 e. The van der Waals surface area contributed by atoms with Crippen molar-refractivity contribution in [2.24, 2.45) is 0 Å². The second-order valence-corrected chi connectivity index (χ2v) is 11.1. The molecule has 6 rings (SSSR count). The van der Waals surface area contributed by atoms with Gasteiger partial charge in [-0.15, -0.1) is 0 Å². The van der Waals surface area contributed by atoms with E-state index in [2.05, 4.69) is 19.4 Å². The summed E-state index contributed by atoms with van der Waals surface area (Å²) in [5.41, 5.74) is 2.66. The van der Waals surface area contributed by atoms with Crippen LogP contribution in [0.5, 0.6) is 11.9 Å². The predicted molar refractivity (Wildman–Crippen MR) is 153 cm³/mol. The molecular weight excluding hydrogens is 569 g/mol. The number of benzene rings is 2. The third-order valence-corrected chi connectivity index (χ3v) is 8.01. The van der Waals surface area contributed by atoms with E-state index in [0.29, 0.717) is 29.0 Å². The third-order valence-electron chi connectivity index (χ3n) is 7.42. The van der Waals surface area contributed by atoms with Crippen molar-refractivity contribution < 1.29 is 24.1 Å². The van der Waals surface area contributed by atoms with Crippen molar-refractivity contribution in [1.29, 1.82) is 0 Å². The Labute approximate surface area is 246 Å². The molecular formula is C29H29Cl2N5O5. The molecule has 4 aromatic rings. The maximum atomic E-state index is 11.6. The Kier molecular flexibility index (Phi) is 8.25. The van der Waals surface area contributed by atoms with Gasteiger partial charge in [0.15, 0.2) is 0 Å². The normalized spacial score (nSPS) is 17.9. The van der Waals surface area contributed by atoms with Gasteiger partial charge in [0.25, 0.3) is 0 Å². The van der Waals surface area contributed by atoms with Crippen molar-refractivity contribution in [2.75, 3.05) is 19.7 Å².